The number of carbonyl (C=O) groups excluding carboxylic acids is 5. The highest BCUT2D eigenvalue weighted by molar-refractivity contribution is 6.39. The molecule has 1 amide bonds. The zero-order valence-electron chi connectivity index (χ0n) is 45.1. The van der Waals surface area contributed by atoms with Crippen LogP contribution in [0, 0.1) is 41.4 Å². The summed E-state index contributed by atoms with van der Waals surface area (Å²) in [5.41, 5.74) is 0.902. The topological polar surface area (TPSA) is 195 Å². The number of aliphatic hydroxyl groups is 3. The van der Waals surface area contributed by atoms with Crippen LogP contribution in [0.2, 0.25) is 0 Å². The average molecular weight is 932 g/mol. The Labute approximate surface area is 399 Å². The summed E-state index contributed by atoms with van der Waals surface area (Å²) in [7, 11) is 4.24. The van der Waals surface area contributed by atoms with Crippen molar-refractivity contribution in [1.29, 1.82) is 0 Å². The predicted octanol–water partition coefficient (Wildman–Crippen LogP) is 6.43. The van der Waals surface area contributed by atoms with Crippen LogP contribution in [0.15, 0.2) is 47.6 Å². The van der Waals surface area contributed by atoms with Crippen LogP contribution in [0.3, 0.4) is 0 Å². The Kier molecular flexibility index (Phi) is 18.8. The molecule has 0 spiro atoms. The average Bonchev–Trinajstić information content (AvgIpc) is 3.31. The molecule has 3 aliphatic heterocycles. The Bertz CT molecular complexity index is 1990. The number of ketones is 3. The van der Waals surface area contributed by atoms with E-state index in [1.54, 1.807) is 45.1 Å². The van der Waals surface area contributed by atoms with E-state index in [1.807, 2.05) is 6.92 Å². The standard InChI is InChI=1S/C52H81NO13/c1-30-17-13-12-14-18-31(2)43(62-9)28-39-22-20-35(6)52(61,66-39)49(58)50(59)53-24-16-15-19-40(53)51(60)65-44(33(4)26-38-21-23-41(54)45(27-38)63-10)29-42(55)32(3)25-34(5)46(56)48(64-11)47(57)37(8)36(30)7/h12-14,17-18,25,30,32-33,35-41,43-46,48,54,56,61H,15-16,19-24,26-29H2,1-11H3/b14-12+,17-13+,31-18+,34-25+/t30-,32-,33-,35-,36?,37-,38+,39+,40+,41-,43+,44+,45-,46-,48-,52-/m1/s1/i20D2,30D,36D. The second kappa shape index (κ2) is 25.3. The summed E-state index contributed by atoms with van der Waals surface area (Å²) in [6, 6.07) is -1.28. The van der Waals surface area contributed by atoms with Crippen molar-refractivity contribution < 1.29 is 68.5 Å². The maximum Gasteiger partial charge on any atom is 0.329 e. The molecular formula is C52H81NO13. The van der Waals surface area contributed by atoms with Gasteiger partial charge in [0.05, 0.1) is 24.4 Å². The highest BCUT2D eigenvalue weighted by Gasteiger charge is 2.53. The van der Waals surface area contributed by atoms with E-state index in [1.165, 1.54) is 61.2 Å². The van der Waals surface area contributed by atoms with Crippen LogP contribution in [0.4, 0.5) is 0 Å². The fraction of sp³-hybridized carbons (Fsp3) is 0.750. The second-order valence-corrected chi connectivity index (χ2v) is 19.2. The van der Waals surface area contributed by atoms with Gasteiger partial charge in [0.1, 0.15) is 30.1 Å². The summed E-state index contributed by atoms with van der Waals surface area (Å²) in [5, 5.41) is 34.1. The van der Waals surface area contributed by atoms with Crippen molar-refractivity contribution in [3.8, 4) is 0 Å². The number of aliphatic hydroxyl groups excluding tert-OH is 2. The van der Waals surface area contributed by atoms with Gasteiger partial charge in [-0.3, -0.25) is 19.2 Å². The maximum absolute atomic E-state index is 14.4. The lowest BCUT2D eigenvalue weighted by Crippen LogP contribution is -2.61. The molecule has 0 radical (unpaired) electrons. The molecule has 2 bridgehead atoms. The number of cyclic esters (lactones) is 1. The van der Waals surface area contributed by atoms with Crippen molar-refractivity contribution in [1.82, 2.24) is 4.90 Å². The molecule has 1 unspecified atom stereocenters. The third kappa shape index (κ3) is 13.9. The largest absolute Gasteiger partial charge is 0.460 e. The highest BCUT2D eigenvalue weighted by atomic mass is 16.6. The first-order valence-corrected chi connectivity index (χ1v) is 23.8. The zero-order chi connectivity index (χ0) is 52.7. The number of ether oxygens (including phenoxy) is 5. The lowest BCUT2D eigenvalue weighted by molar-refractivity contribution is -0.265. The number of hydrogen-bond acceptors (Lipinski definition) is 13. The quantitative estimate of drug-likeness (QED) is 0.150. The minimum Gasteiger partial charge on any atom is -0.460 e. The van der Waals surface area contributed by atoms with Crippen LogP contribution in [-0.2, 0) is 47.7 Å². The molecule has 4 rings (SSSR count). The van der Waals surface area contributed by atoms with Gasteiger partial charge in [-0.05, 0) is 106 Å². The molecule has 0 aromatic heterocycles. The number of rotatable bonds is 6. The Morgan fingerprint density at radius 2 is 1.62 bits per heavy atom. The molecule has 0 aromatic rings. The van der Waals surface area contributed by atoms with E-state index in [2.05, 4.69) is 0 Å². The third-order valence-electron chi connectivity index (χ3n) is 14.5. The van der Waals surface area contributed by atoms with E-state index in [0.29, 0.717) is 44.1 Å². The van der Waals surface area contributed by atoms with Gasteiger partial charge in [0.15, 0.2) is 5.78 Å². The van der Waals surface area contributed by atoms with E-state index >= 15 is 0 Å². The Morgan fingerprint density at radius 1 is 0.909 bits per heavy atom. The van der Waals surface area contributed by atoms with E-state index in [9.17, 15) is 40.7 Å². The van der Waals surface area contributed by atoms with Gasteiger partial charge in [0.2, 0.25) is 5.79 Å². The summed E-state index contributed by atoms with van der Waals surface area (Å²) >= 11 is 0. The fourth-order valence-electron chi connectivity index (χ4n) is 9.68. The summed E-state index contributed by atoms with van der Waals surface area (Å²) in [4.78, 5) is 72.5. The van der Waals surface area contributed by atoms with Crippen LogP contribution >= 0.6 is 0 Å². The first-order valence-electron chi connectivity index (χ1n) is 25.8. The van der Waals surface area contributed by atoms with Gasteiger partial charge in [-0.1, -0.05) is 78.0 Å². The Morgan fingerprint density at radius 3 is 2.29 bits per heavy atom. The molecule has 3 N–H and O–H groups in total. The molecule has 1 aliphatic carbocycles. The number of nitrogens with zero attached hydrogens (tertiary/aromatic N) is 1. The molecule has 3 fully saturated rings. The SMILES string of the molecule is [2H]C1([2H])C[C@H]2C[C@H](OC)/C(C)=C/C=C/C=C/[C@@]([2H])(C)C([2H])(C)[C@@H](C)C(=O)[C@H](OC)[C@H](O)/C(C)=C/[C@@H](C)C(=O)C[C@@H]([C@H](C)C[C@@H]3CC[C@@H](O)[C@H](OC)C3)OC(=O)[C@@H]3CCCCN3C(=O)C(=O)[C@](O)(O2)[C@@H]1C. The summed E-state index contributed by atoms with van der Waals surface area (Å²) in [5.74, 6) is -14.6. The number of allylic oxidation sites excluding steroid dienone is 6. The summed E-state index contributed by atoms with van der Waals surface area (Å²) in [6.07, 6.45) is 3.30. The zero-order valence-corrected chi connectivity index (χ0v) is 41.1. The first-order chi connectivity index (χ1) is 32.6. The molecule has 16 atom stereocenters. The van der Waals surface area contributed by atoms with E-state index in [4.69, 9.17) is 27.8 Å². The van der Waals surface area contributed by atoms with Crippen molar-refractivity contribution >= 4 is 29.2 Å². The number of Topliss-reactive ketones (excluding diaryl/α,β-unsaturated/α-hetero) is 3. The van der Waals surface area contributed by atoms with Crippen molar-refractivity contribution in [3.63, 3.8) is 0 Å². The van der Waals surface area contributed by atoms with Crippen molar-refractivity contribution in [2.24, 2.45) is 41.4 Å². The minimum absolute atomic E-state index is 0.0121. The van der Waals surface area contributed by atoms with Gasteiger partial charge in [0, 0.05) is 64.0 Å². The fourth-order valence-corrected chi connectivity index (χ4v) is 9.68. The van der Waals surface area contributed by atoms with Gasteiger partial charge < -0.3 is 43.9 Å². The van der Waals surface area contributed by atoms with Crippen molar-refractivity contribution in [3.05, 3.63) is 47.6 Å². The maximum atomic E-state index is 14.4. The molecular weight excluding hydrogens is 847 g/mol. The number of esters is 1. The van der Waals surface area contributed by atoms with Crippen LogP contribution in [0.5, 0.6) is 0 Å². The minimum atomic E-state index is -2.91. The molecule has 3 heterocycles. The monoisotopic (exact) mass is 932 g/mol. The van der Waals surface area contributed by atoms with Crippen LogP contribution in [0.25, 0.3) is 0 Å². The highest BCUT2D eigenvalue weighted by Crippen LogP contribution is 2.38. The predicted molar refractivity (Wildman–Crippen MR) is 250 cm³/mol. The van der Waals surface area contributed by atoms with Crippen LogP contribution < -0.4 is 0 Å². The normalized spacial score (nSPS) is 45.0. The number of carbonyl (C=O) groups is 5. The Hall–Kier alpha value is -3.37. The molecule has 14 nitrogen and oxygen atoms in total. The van der Waals surface area contributed by atoms with Gasteiger partial charge >= 0.3 is 5.97 Å². The molecule has 4 aliphatic rings. The van der Waals surface area contributed by atoms with Crippen molar-refractivity contribution in [2.45, 2.75) is 181 Å². The second-order valence-electron chi connectivity index (χ2n) is 19.2. The molecule has 66 heavy (non-hydrogen) atoms. The molecule has 372 valence electrons. The smallest absolute Gasteiger partial charge is 0.329 e. The number of methoxy groups -OCH3 is 3. The summed E-state index contributed by atoms with van der Waals surface area (Å²) in [6.45, 7) is 12.5. The number of amides is 1. The van der Waals surface area contributed by atoms with E-state index in [0.717, 1.165) is 4.90 Å². The third-order valence-corrected chi connectivity index (χ3v) is 14.5. The molecule has 0 aromatic carbocycles. The molecule has 1 saturated carbocycles. The lowest BCUT2D eigenvalue weighted by Gasteiger charge is -2.42. The van der Waals surface area contributed by atoms with Crippen LogP contribution in [-0.4, -0.2) is 132 Å². The lowest BCUT2D eigenvalue weighted by atomic mass is 9.78. The number of fused-ring (bicyclic) bond motifs is 3. The molecule has 14 heteroatoms. The number of piperidine rings is 1. The van der Waals surface area contributed by atoms with Gasteiger partial charge in [0.25, 0.3) is 11.7 Å². The van der Waals surface area contributed by atoms with Gasteiger partial charge in [-0.15, -0.1) is 0 Å². The van der Waals surface area contributed by atoms with Crippen LogP contribution in [0.1, 0.15) is 131 Å². The van der Waals surface area contributed by atoms with Gasteiger partial charge in [-0.25, -0.2) is 4.79 Å². The van der Waals surface area contributed by atoms with Gasteiger partial charge in [-0.2, -0.15) is 0 Å². The van der Waals surface area contributed by atoms with E-state index in [-0.39, 0.29) is 49.5 Å². The van der Waals surface area contributed by atoms with Crippen molar-refractivity contribution in [2.75, 3.05) is 27.9 Å². The van der Waals surface area contributed by atoms with E-state index < -0.39 is 120 Å². The molecule has 2 saturated heterocycles. The number of hydrogen-bond donors (Lipinski definition) is 3. The Balaban J connectivity index is 1.79. The summed E-state index contributed by atoms with van der Waals surface area (Å²) < 4.78 is 65.3. The first kappa shape index (κ1) is 49.1.